The number of benzene rings is 2. The fraction of sp³-hybridized carbons (Fsp3) is 0.150. The number of amides is 1. The number of fused-ring (bicyclic) bond motifs is 1. The number of hydrogen-bond donors (Lipinski definition) is 2. The first kappa shape index (κ1) is 18.4. The van der Waals surface area contributed by atoms with Gasteiger partial charge in [-0.2, -0.15) is 13.2 Å². The van der Waals surface area contributed by atoms with E-state index in [0.29, 0.717) is 5.56 Å². The van der Waals surface area contributed by atoms with Gasteiger partial charge in [-0.1, -0.05) is 24.0 Å². The SMILES string of the molecule is O=C(NCC#CCOc1cccc(C(F)(F)F)c1)c1ccc2cc[nH]c2c1. The molecule has 1 aromatic heterocycles. The highest BCUT2D eigenvalue weighted by Gasteiger charge is 2.30. The van der Waals surface area contributed by atoms with E-state index in [1.165, 1.54) is 12.1 Å². The number of H-pyrrole nitrogens is 1. The molecule has 4 nitrogen and oxygen atoms in total. The third-order valence-electron chi connectivity index (χ3n) is 3.75. The molecule has 0 fully saturated rings. The van der Waals surface area contributed by atoms with E-state index in [4.69, 9.17) is 4.74 Å². The lowest BCUT2D eigenvalue weighted by Gasteiger charge is -2.08. The lowest BCUT2D eigenvalue weighted by molar-refractivity contribution is -0.137. The summed E-state index contributed by atoms with van der Waals surface area (Å²) in [5.74, 6) is 5.17. The van der Waals surface area contributed by atoms with E-state index < -0.39 is 11.7 Å². The van der Waals surface area contributed by atoms with E-state index in [-0.39, 0.29) is 24.8 Å². The number of carbonyl (C=O) groups excluding carboxylic acids is 1. The lowest BCUT2D eigenvalue weighted by atomic mass is 10.1. The number of halogens is 3. The topological polar surface area (TPSA) is 54.1 Å². The van der Waals surface area contributed by atoms with Gasteiger partial charge in [-0.15, -0.1) is 0 Å². The van der Waals surface area contributed by atoms with Gasteiger partial charge in [0.05, 0.1) is 12.1 Å². The van der Waals surface area contributed by atoms with Crippen molar-refractivity contribution < 1.29 is 22.7 Å². The largest absolute Gasteiger partial charge is 0.481 e. The first-order valence-electron chi connectivity index (χ1n) is 8.04. The van der Waals surface area contributed by atoms with Crippen molar-refractivity contribution in [1.82, 2.24) is 10.3 Å². The normalized spacial score (nSPS) is 10.9. The molecule has 0 atom stereocenters. The Balaban J connectivity index is 1.47. The summed E-state index contributed by atoms with van der Waals surface area (Å²) in [6.45, 7) is 0.0269. The van der Waals surface area contributed by atoms with Crippen molar-refractivity contribution in [2.45, 2.75) is 6.18 Å². The van der Waals surface area contributed by atoms with Gasteiger partial charge in [-0.3, -0.25) is 4.79 Å². The Labute approximate surface area is 153 Å². The number of ether oxygens (including phenoxy) is 1. The van der Waals surface area contributed by atoms with Gasteiger partial charge in [-0.05, 0) is 41.8 Å². The predicted molar refractivity (Wildman–Crippen MR) is 95.3 cm³/mol. The van der Waals surface area contributed by atoms with Crippen LogP contribution in [0.5, 0.6) is 5.75 Å². The van der Waals surface area contributed by atoms with E-state index in [2.05, 4.69) is 22.1 Å². The number of nitrogens with one attached hydrogen (secondary N) is 2. The van der Waals surface area contributed by atoms with Crippen LogP contribution in [0.3, 0.4) is 0 Å². The fourth-order valence-electron chi connectivity index (χ4n) is 2.41. The van der Waals surface area contributed by atoms with Crippen molar-refractivity contribution in [2.75, 3.05) is 13.2 Å². The zero-order chi connectivity index (χ0) is 19.3. The van der Waals surface area contributed by atoms with Crippen LogP contribution in [-0.2, 0) is 6.18 Å². The zero-order valence-electron chi connectivity index (χ0n) is 14.1. The van der Waals surface area contributed by atoms with Crippen molar-refractivity contribution in [1.29, 1.82) is 0 Å². The number of rotatable bonds is 4. The van der Waals surface area contributed by atoms with Crippen LogP contribution in [-0.4, -0.2) is 24.0 Å². The Hall–Kier alpha value is -3.40. The first-order chi connectivity index (χ1) is 12.9. The molecule has 0 aliphatic carbocycles. The van der Waals surface area contributed by atoms with Gasteiger partial charge in [0.25, 0.3) is 5.91 Å². The molecule has 27 heavy (non-hydrogen) atoms. The third-order valence-corrected chi connectivity index (χ3v) is 3.75. The van der Waals surface area contributed by atoms with E-state index in [0.717, 1.165) is 23.0 Å². The summed E-state index contributed by atoms with van der Waals surface area (Å²) in [4.78, 5) is 15.1. The highest BCUT2D eigenvalue weighted by Crippen LogP contribution is 2.31. The average molecular weight is 372 g/mol. The Bertz CT molecular complexity index is 1010. The van der Waals surface area contributed by atoms with Crippen LogP contribution in [0.4, 0.5) is 13.2 Å². The molecule has 3 aromatic rings. The maximum Gasteiger partial charge on any atom is 0.416 e. The monoisotopic (exact) mass is 372 g/mol. The molecule has 3 rings (SSSR count). The number of hydrogen-bond acceptors (Lipinski definition) is 2. The Kier molecular flexibility index (Phi) is 5.36. The number of aromatic nitrogens is 1. The van der Waals surface area contributed by atoms with E-state index in [1.54, 1.807) is 18.3 Å². The van der Waals surface area contributed by atoms with Gasteiger partial charge in [0.1, 0.15) is 12.4 Å². The molecule has 0 spiro atoms. The number of aromatic amines is 1. The maximum atomic E-state index is 12.6. The molecule has 7 heteroatoms. The van der Waals surface area contributed by atoms with Crippen molar-refractivity contribution in [3.8, 4) is 17.6 Å². The highest BCUT2D eigenvalue weighted by molar-refractivity contribution is 5.97. The minimum Gasteiger partial charge on any atom is -0.481 e. The van der Waals surface area contributed by atoms with Crippen LogP contribution >= 0.6 is 0 Å². The molecule has 2 N–H and O–H groups in total. The summed E-state index contributed by atoms with van der Waals surface area (Å²) in [6, 6.07) is 11.8. The molecule has 0 unspecified atom stereocenters. The van der Waals surface area contributed by atoms with Gasteiger partial charge in [0.2, 0.25) is 0 Å². The van der Waals surface area contributed by atoms with E-state index in [1.807, 2.05) is 12.1 Å². The van der Waals surface area contributed by atoms with E-state index in [9.17, 15) is 18.0 Å². The average Bonchev–Trinajstić information content (AvgIpc) is 3.11. The summed E-state index contributed by atoms with van der Waals surface area (Å²) in [7, 11) is 0. The fourth-order valence-corrected chi connectivity index (χ4v) is 2.41. The van der Waals surface area contributed by atoms with Crippen molar-refractivity contribution in [3.63, 3.8) is 0 Å². The van der Waals surface area contributed by atoms with E-state index >= 15 is 0 Å². The Morgan fingerprint density at radius 2 is 1.96 bits per heavy atom. The summed E-state index contributed by atoms with van der Waals surface area (Å²) in [5, 5.41) is 3.66. The van der Waals surface area contributed by atoms with Crippen LogP contribution in [0.1, 0.15) is 15.9 Å². The standard InChI is InChI=1S/C20H15F3N2O2/c21-20(22,23)16-4-3-5-17(13-16)27-11-2-1-9-25-19(26)15-7-6-14-8-10-24-18(14)12-15/h3-8,10,12-13,24H,9,11H2,(H,25,26). The molecule has 2 aromatic carbocycles. The Morgan fingerprint density at radius 3 is 2.78 bits per heavy atom. The van der Waals surface area contributed by atoms with Gasteiger partial charge >= 0.3 is 6.18 Å². The minimum absolute atomic E-state index is 0.0778. The second kappa shape index (κ2) is 7.87. The van der Waals surface area contributed by atoms with Gasteiger partial charge in [0, 0.05) is 17.3 Å². The van der Waals surface area contributed by atoms with Crippen LogP contribution < -0.4 is 10.1 Å². The van der Waals surface area contributed by atoms with Gasteiger partial charge in [-0.25, -0.2) is 0 Å². The molecule has 1 heterocycles. The predicted octanol–water partition coefficient (Wildman–Crippen LogP) is 4.00. The third kappa shape index (κ3) is 4.82. The smallest absolute Gasteiger partial charge is 0.416 e. The summed E-state index contributed by atoms with van der Waals surface area (Å²) < 4.78 is 43.0. The highest BCUT2D eigenvalue weighted by atomic mass is 19.4. The molecule has 1 amide bonds. The number of carbonyl (C=O) groups is 1. The molecule has 0 saturated carbocycles. The molecule has 0 bridgehead atoms. The number of alkyl halides is 3. The van der Waals surface area contributed by atoms with Crippen molar-refractivity contribution >= 4 is 16.8 Å². The van der Waals surface area contributed by atoms with Gasteiger partial charge < -0.3 is 15.0 Å². The summed E-state index contributed by atoms with van der Waals surface area (Å²) in [5.41, 5.74) is 0.592. The summed E-state index contributed by atoms with van der Waals surface area (Å²) in [6.07, 6.45) is -2.62. The molecule has 0 radical (unpaired) electrons. The second-order valence-electron chi connectivity index (χ2n) is 5.63. The second-order valence-corrected chi connectivity index (χ2v) is 5.63. The minimum atomic E-state index is -4.42. The Morgan fingerprint density at radius 1 is 1.11 bits per heavy atom. The van der Waals surface area contributed by atoms with Crippen LogP contribution in [0, 0.1) is 11.8 Å². The molecule has 0 aliphatic heterocycles. The van der Waals surface area contributed by atoms with Crippen LogP contribution in [0.15, 0.2) is 54.7 Å². The maximum absolute atomic E-state index is 12.6. The van der Waals surface area contributed by atoms with Crippen LogP contribution in [0.25, 0.3) is 10.9 Å². The molecule has 0 aliphatic rings. The zero-order valence-corrected chi connectivity index (χ0v) is 14.1. The molecular weight excluding hydrogens is 357 g/mol. The first-order valence-corrected chi connectivity index (χ1v) is 8.04. The van der Waals surface area contributed by atoms with Crippen molar-refractivity contribution in [2.24, 2.45) is 0 Å². The summed E-state index contributed by atoms with van der Waals surface area (Å²) >= 11 is 0. The molecular formula is C20H15F3N2O2. The van der Waals surface area contributed by atoms with Gasteiger partial charge in [0.15, 0.2) is 0 Å². The van der Waals surface area contributed by atoms with Crippen molar-refractivity contribution in [3.05, 3.63) is 65.9 Å². The molecule has 138 valence electrons. The molecule has 0 saturated heterocycles. The van der Waals surface area contributed by atoms with Crippen LogP contribution in [0.2, 0.25) is 0 Å². The quantitative estimate of drug-likeness (QED) is 0.680. The lowest BCUT2D eigenvalue weighted by Crippen LogP contribution is -2.23.